The standard InChI is InChI=1S/C21H33N3O3S/c1-18(25)17-23-10-7-19(8-11-23)6-9-22-12-14-24(15-13-22)20-4-3-5-21(16-20)28(2,26)27/h3-5,16,19H,6-15,17H2,1-2H3. The first kappa shape index (κ1) is 21.3. The Labute approximate surface area is 169 Å². The topological polar surface area (TPSA) is 60.9 Å². The molecule has 6 nitrogen and oxygen atoms in total. The Morgan fingerprint density at radius 1 is 1.04 bits per heavy atom. The SMILES string of the molecule is CC(=O)CN1CCC(CCN2CCN(c3cccc(S(C)(=O)=O)c3)CC2)CC1. The maximum atomic E-state index is 11.8. The van der Waals surface area contributed by atoms with Gasteiger partial charge in [0.2, 0.25) is 0 Å². The highest BCUT2D eigenvalue weighted by Gasteiger charge is 2.22. The average Bonchev–Trinajstić information content (AvgIpc) is 2.67. The second-order valence-electron chi connectivity index (χ2n) is 8.31. The van der Waals surface area contributed by atoms with Crippen molar-refractivity contribution in [3.63, 3.8) is 0 Å². The molecule has 0 unspecified atom stereocenters. The predicted molar refractivity (Wildman–Crippen MR) is 113 cm³/mol. The van der Waals surface area contributed by atoms with Gasteiger partial charge in [-0.3, -0.25) is 14.6 Å². The first-order valence-electron chi connectivity index (χ1n) is 10.3. The van der Waals surface area contributed by atoms with Gasteiger partial charge in [0.15, 0.2) is 9.84 Å². The third-order valence-corrected chi connectivity index (χ3v) is 7.10. The molecular weight excluding hydrogens is 374 g/mol. The van der Waals surface area contributed by atoms with E-state index in [1.807, 2.05) is 12.1 Å². The third-order valence-electron chi connectivity index (χ3n) is 5.99. The lowest BCUT2D eigenvalue weighted by Crippen LogP contribution is -2.47. The number of carbonyl (C=O) groups excluding carboxylic acids is 1. The van der Waals surface area contributed by atoms with Crippen molar-refractivity contribution in [3.05, 3.63) is 24.3 Å². The Balaban J connectivity index is 1.41. The highest BCUT2D eigenvalue weighted by molar-refractivity contribution is 7.90. The van der Waals surface area contributed by atoms with Gasteiger partial charge in [0.1, 0.15) is 5.78 Å². The van der Waals surface area contributed by atoms with Crippen LogP contribution in [0.25, 0.3) is 0 Å². The smallest absolute Gasteiger partial charge is 0.175 e. The molecule has 0 aromatic heterocycles. The van der Waals surface area contributed by atoms with E-state index < -0.39 is 9.84 Å². The van der Waals surface area contributed by atoms with Crippen molar-refractivity contribution in [2.24, 2.45) is 5.92 Å². The Morgan fingerprint density at radius 3 is 2.32 bits per heavy atom. The molecule has 0 spiro atoms. The minimum absolute atomic E-state index is 0.262. The molecule has 1 aromatic rings. The van der Waals surface area contributed by atoms with Crippen LogP contribution in [0.1, 0.15) is 26.2 Å². The number of rotatable bonds is 7. The van der Waals surface area contributed by atoms with Crippen molar-refractivity contribution in [2.45, 2.75) is 31.1 Å². The third kappa shape index (κ3) is 6.03. The van der Waals surface area contributed by atoms with Gasteiger partial charge in [-0.2, -0.15) is 0 Å². The second kappa shape index (κ2) is 9.37. The molecule has 0 N–H and O–H groups in total. The number of hydrogen-bond acceptors (Lipinski definition) is 6. The number of benzene rings is 1. The van der Waals surface area contributed by atoms with Gasteiger partial charge in [-0.15, -0.1) is 0 Å². The quantitative estimate of drug-likeness (QED) is 0.688. The van der Waals surface area contributed by atoms with E-state index in [1.165, 1.54) is 25.5 Å². The van der Waals surface area contributed by atoms with E-state index in [4.69, 9.17) is 0 Å². The number of Topliss-reactive ketones (excluding diaryl/α,β-unsaturated/α-hetero) is 1. The van der Waals surface area contributed by atoms with Crippen LogP contribution in [0.2, 0.25) is 0 Å². The molecule has 156 valence electrons. The number of piperidine rings is 1. The zero-order chi connectivity index (χ0) is 20.1. The van der Waals surface area contributed by atoms with E-state index in [0.29, 0.717) is 11.4 Å². The number of ketones is 1. The van der Waals surface area contributed by atoms with Crippen molar-refractivity contribution in [1.29, 1.82) is 0 Å². The van der Waals surface area contributed by atoms with Crippen LogP contribution in [-0.2, 0) is 14.6 Å². The van der Waals surface area contributed by atoms with Crippen molar-refractivity contribution < 1.29 is 13.2 Å². The van der Waals surface area contributed by atoms with E-state index >= 15 is 0 Å². The molecule has 2 saturated heterocycles. The number of sulfone groups is 1. The number of likely N-dealkylation sites (tertiary alicyclic amines) is 1. The summed E-state index contributed by atoms with van der Waals surface area (Å²) in [7, 11) is -3.17. The van der Waals surface area contributed by atoms with E-state index in [2.05, 4.69) is 14.7 Å². The van der Waals surface area contributed by atoms with Crippen LogP contribution in [0.3, 0.4) is 0 Å². The Hall–Kier alpha value is -1.44. The van der Waals surface area contributed by atoms with Gasteiger partial charge in [-0.25, -0.2) is 8.42 Å². The molecule has 2 fully saturated rings. The Bertz CT molecular complexity index is 765. The van der Waals surface area contributed by atoms with Crippen molar-refractivity contribution in [1.82, 2.24) is 9.80 Å². The van der Waals surface area contributed by atoms with Crippen molar-refractivity contribution in [2.75, 3.05) is 63.5 Å². The summed E-state index contributed by atoms with van der Waals surface area (Å²) in [5.74, 6) is 1.03. The fraction of sp³-hybridized carbons (Fsp3) is 0.667. The van der Waals surface area contributed by atoms with E-state index in [1.54, 1.807) is 19.1 Å². The van der Waals surface area contributed by atoms with Gasteiger partial charge < -0.3 is 4.90 Å². The van der Waals surface area contributed by atoms with E-state index in [-0.39, 0.29) is 5.78 Å². The van der Waals surface area contributed by atoms with Gasteiger partial charge in [0.25, 0.3) is 0 Å². The molecule has 2 heterocycles. The minimum atomic E-state index is -3.17. The maximum Gasteiger partial charge on any atom is 0.175 e. The molecular formula is C21H33N3O3S. The van der Waals surface area contributed by atoms with Crippen LogP contribution in [-0.4, -0.2) is 82.6 Å². The lowest BCUT2D eigenvalue weighted by atomic mass is 9.93. The van der Waals surface area contributed by atoms with Crippen LogP contribution < -0.4 is 4.90 Å². The number of hydrogen-bond donors (Lipinski definition) is 0. The molecule has 0 radical (unpaired) electrons. The largest absolute Gasteiger partial charge is 0.369 e. The van der Waals surface area contributed by atoms with Crippen LogP contribution in [0, 0.1) is 5.92 Å². The molecule has 0 bridgehead atoms. The fourth-order valence-electron chi connectivity index (χ4n) is 4.25. The van der Waals surface area contributed by atoms with Gasteiger partial charge in [-0.05, 0) is 69.9 Å². The van der Waals surface area contributed by atoms with Crippen LogP contribution in [0.4, 0.5) is 5.69 Å². The summed E-state index contributed by atoms with van der Waals surface area (Å²) < 4.78 is 23.6. The monoisotopic (exact) mass is 407 g/mol. The van der Waals surface area contributed by atoms with Crippen LogP contribution in [0.5, 0.6) is 0 Å². The van der Waals surface area contributed by atoms with Gasteiger partial charge in [-0.1, -0.05) is 6.07 Å². The van der Waals surface area contributed by atoms with Crippen molar-refractivity contribution >= 4 is 21.3 Å². The molecule has 0 aliphatic carbocycles. The van der Waals surface area contributed by atoms with Crippen molar-refractivity contribution in [3.8, 4) is 0 Å². The van der Waals surface area contributed by atoms with Crippen LogP contribution in [0.15, 0.2) is 29.2 Å². The lowest BCUT2D eigenvalue weighted by Gasteiger charge is -2.37. The summed E-state index contributed by atoms with van der Waals surface area (Å²) in [6.07, 6.45) is 4.89. The van der Waals surface area contributed by atoms with Gasteiger partial charge >= 0.3 is 0 Å². The molecule has 0 amide bonds. The highest BCUT2D eigenvalue weighted by atomic mass is 32.2. The fourth-order valence-corrected chi connectivity index (χ4v) is 4.91. The molecule has 3 rings (SSSR count). The zero-order valence-electron chi connectivity index (χ0n) is 17.1. The average molecular weight is 408 g/mol. The molecule has 7 heteroatoms. The van der Waals surface area contributed by atoms with E-state index in [9.17, 15) is 13.2 Å². The number of piperazine rings is 1. The molecule has 0 atom stereocenters. The second-order valence-corrected chi connectivity index (χ2v) is 10.3. The normalized spacial score (nSPS) is 20.4. The minimum Gasteiger partial charge on any atom is -0.369 e. The molecule has 0 saturated carbocycles. The summed E-state index contributed by atoms with van der Waals surface area (Å²) in [5.41, 5.74) is 1.00. The molecule has 2 aliphatic heterocycles. The summed E-state index contributed by atoms with van der Waals surface area (Å²) in [5, 5.41) is 0. The number of carbonyl (C=O) groups is 1. The highest BCUT2D eigenvalue weighted by Crippen LogP contribution is 2.23. The Morgan fingerprint density at radius 2 is 1.71 bits per heavy atom. The van der Waals surface area contributed by atoms with Gasteiger partial charge in [0.05, 0.1) is 11.4 Å². The number of nitrogens with zero attached hydrogens (tertiary/aromatic N) is 3. The molecule has 28 heavy (non-hydrogen) atoms. The zero-order valence-corrected chi connectivity index (χ0v) is 18.0. The predicted octanol–water partition coefficient (Wildman–Crippen LogP) is 1.90. The summed E-state index contributed by atoms with van der Waals surface area (Å²) in [4.78, 5) is 18.7. The first-order valence-corrected chi connectivity index (χ1v) is 12.2. The summed E-state index contributed by atoms with van der Waals surface area (Å²) in [6.45, 7) is 9.42. The number of anilines is 1. The maximum absolute atomic E-state index is 11.8. The molecule has 2 aliphatic rings. The molecule has 1 aromatic carbocycles. The van der Waals surface area contributed by atoms with Crippen LogP contribution >= 0.6 is 0 Å². The Kier molecular flexibility index (Phi) is 7.12. The first-order chi connectivity index (χ1) is 13.3. The van der Waals surface area contributed by atoms with Gasteiger partial charge in [0, 0.05) is 38.1 Å². The van der Waals surface area contributed by atoms with E-state index in [0.717, 1.165) is 57.4 Å². The summed E-state index contributed by atoms with van der Waals surface area (Å²) in [6, 6.07) is 7.28. The summed E-state index contributed by atoms with van der Waals surface area (Å²) >= 11 is 0. The lowest BCUT2D eigenvalue weighted by molar-refractivity contribution is -0.118.